The van der Waals surface area contributed by atoms with Gasteiger partial charge in [0.05, 0.1) is 17.1 Å². The molecule has 0 radical (unpaired) electrons. The van der Waals surface area contributed by atoms with Gasteiger partial charge in [-0.1, -0.05) is 50.1 Å². The second-order valence-electron chi connectivity index (χ2n) is 5.67. The highest BCUT2D eigenvalue weighted by Gasteiger charge is 2.19. The number of nitrogens with zero attached hydrogens (tertiary/aromatic N) is 1. The summed E-state index contributed by atoms with van der Waals surface area (Å²) in [5.41, 5.74) is 1.86. The lowest BCUT2D eigenvalue weighted by molar-refractivity contribution is -0.142. The zero-order valence-corrected chi connectivity index (χ0v) is 14.5. The number of thiazole rings is 1. The third-order valence-corrected chi connectivity index (χ3v) is 4.52. The molecule has 1 heterocycles. The number of unbranched alkanes of at least 4 members (excludes halogenated alkanes) is 1. The van der Waals surface area contributed by atoms with Gasteiger partial charge >= 0.3 is 5.97 Å². The molecule has 0 saturated heterocycles. The third kappa shape index (κ3) is 5.77. The molecule has 1 aromatic carbocycles. The Kier molecular flexibility index (Phi) is 6.93. The summed E-state index contributed by atoms with van der Waals surface area (Å²) < 4.78 is 0. The van der Waals surface area contributed by atoms with Crippen molar-refractivity contribution >= 4 is 23.2 Å². The molecule has 24 heavy (non-hydrogen) atoms. The summed E-state index contributed by atoms with van der Waals surface area (Å²) in [6, 6.07) is 9.20. The molecule has 1 amide bonds. The molecule has 0 saturated carbocycles. The summed E-state index contributed by atoms with van der Waals surface area (Å²) in [6.45, 7) is 1.99. The Labute approximate surface area is 145 Å². The maximum atomic E-state index is 12.0. The third-order valence-electron chi connectivity index (χ3n) is 3.62. The first kappa shape index (κ1) is 18.1. The van der Waals surface area contributed by atoms with Crippen LogP contribution in [0.3, 0.4) is 0 Å². The van der Waals surface area contributed by atoms with Crippen LogP contribution in [0.4, 0.5) is 0 Å². The van der Waals surface area contributed by atoms with Gasteiger partial charge in [0.2, 0.25) is 5.91 Å². The number of hydrogen-bond acceptors (Lipinski definition) is 4. The lowest BCUT2D eigenvalue weighted by atomic mass is 10.1. The Morgan fingerprint density at radius 3 is 2.71 bits per heavy atom. The standard InChI is InChI=1S/C18H22N2O3S/c1-2-3-9-15(18(22)23)20-16(21)11-14-12-24-17(19-14)10-13-7-5-4-6-8-13/h4-8,12,15H,2-3,9-11H2,1H3,(H,20,21)(H,22,23). The van der Waals surface area contributed by atoms with Gasteiger partial charge < -0.3 is 10.4 Å². The number of amides is 1. The molecule has 6 heteroatoms. The molecule has 0 aliphatic carbocycles. The minimum atomic E-state index is -0.986. The van der Waals surface area contributed by atoms with Crippen LogP contribution >= 0.6 is 11.3 Å². The van der Waals surface area contributed by atoms with Crippen LogP contribution in [0.25, 0.3) is 0 Å². The van der Waals surface area contributed by atoms with E-state index >= 15 is 0 Å². The minimum Gasteiger partial charge on any atom is -0.480 e. The smallest absolute Gasteiger partial charge is 0.326 e. The van der Waals surface area contributed by atoms with Crippen molar-refractivity contribution in [1.29, 1.82) is 0 Å². The fourth-order valence-electron chi connectivity index (χ4n) is 2.36. The quantitative estimate of drug-likeness (QED) is 0.731. The molecule has 0 spiro atoms. The molecule has 0 aliphatic heterocycles. The maximum absolute atomic E-state index is 12.0. The second kappa shape index (κ2) is 9.17. The minimum absolute atomic E-state index is 0.112. The van der Waals surface area contributed by atoms with Gasteiger partial charge in [-0.2, -0.15) is 0 Å². The highest BCUT2D eigenvalue weighted by molar-refractivity contribution is 7.09. The van der Waals surface area contributed by atoms with E-state index in [2.05, 4.69) is 10.3 Å². The first-order valence-electron chi connectivity index (χ1n) is 8.08. The number of nitrogens with one attached hydrogen (secondary N) is 1. The average Bonchev–Trinajstić information content (AvgIpc) is 2.99. The second-order valence-corrected chi connectivity index (χ2v) is 6.61. The zero-order chi connectivity index (χ0) is 17.4. The molecule has 2 aromatic rings. The van der Waals surface area contributed by atoms with Gasteiger partial charge in [0.1, 0.15) is 6.04 Å². The Morgan fingerprint density at radius 1 is 1.29 bits per heavy atom. The predicted molar refractivity (Wildman–Crippen MR) is 94.2 cm³/mol. The number of aliphatic carboxylic acids is 1. The van der Waals surface area contributed by atoms with Crippen molar-refractivity contribution in [3.8, 4) is 0 Å². The number of aromatic nitrogens is 1. The topological polar surface area (TPSA) is 79.3 Å². The van der Waals surface area contributed by atoms with Crippen molar-refractivity contribution < 1.29 is 14.7 Å². The largest absolute Gasteiger partial charge is 0.480 e. The van der Waals surface area contributed by atoms with Crippen LogP contribution in [-0.2, 0) is 22.4 Å². The van der Waals surface area contributed by atoms with E-state index in [1.54, 1.807) is 0 Å². The van der Waals surface area contributed by atoms with E-state index < -0.39 is 12.0 Å². The summed E-state index contributed by atoms with van der Waals surface area (Å²) in [4.78, 5) is 27.7. The van der Waals surface area contributed by atoms with E-state index in [9.17, 15) is 9.59 Å². The van der Waals surface area contributed by atoms with Crippen molar-refractivity contribution in [3.05, 3.63) is 52.0 Å². The number of rotatable bonds is 9. The van der Waals surface area contributed by atoms with Crippen LogP contribution in [0, 0.1) is 0 Å². The maximum Gasteiger partial charge on any atom is 0.326 e. The lowest BCUT2D eigenvalue weighted by Gasteiger charge is -2.13. The Morgan fingerprint density at radius 2 is 2.04 bits per heavy atom. The van der Waals surface area contributed by atoms with Crippen LogP contribution < -0.4 is 5.32 Å². The van der Waals surface area contributed by atoms with Crippen molar-refractivity contribution in [2.24, 2.45) is 0 Å². The van der Waals surface area contributed by atoms with Crippen molar-refractivity contribution in [2.45, 2.75) is 45.1 Å². The fraction of sp³-hybridized carbons (Fsp3) is 0.389. The summed E-state index contributed by atoms with van der Waals surface area (Å²) in [6.07, 6.45) is 2.97. The van der Waals surface area contributed by atoms with Gasteiger partial charge in [0.15, 0.2) is 0 Å². The first-order valence-corrected chi connectivity index (χ1v) is 8.95. The molecule has 5 nitrogen and oxygen atoms in total. The van der Waals surface area contributed by atoms with Crippen LogP contribution in [-0.4, -0.2) is 28.0 Å². The average molecular weight is 346 g/mol. The lowest BCUT2D eigenvalue weighted by Crippen LogP contribution is -2.41. The molecule has 0 fully saturated rings. The van der Waals surface area contributed by atoms with E-state index in [1.165, 1.54) is 16.9 Å². The molecule has 2 rings (SSSR count). The molecule has 1 atom stereocenters. The van der Waals surface area contributed by atoms with Crippen LogP contribution in [0.5, 0.6) is 0 Å². The van der Waals surface area contributed by atoms with Crippen molar-refractivity contribution in [1.82, 2.24) is 10.3 Å². The summed E-state index contributed by atoms with van der Waals surface area (Å²) >= 11 is 1.52. The monoisotopic (exact) mass is 346 g/mol. The molecule has 0 aliphatic rings. The fourth-order valence-corrected chi connectivity index (χ4v) is 3.19. The van der Waals surface area contributed by atoms with Gasteiger partial charge in [-0.05, 0) is 12.0 Å². The van der Waals surface area contributed by atoms with E-state index in [0.29, 0.717) is 12.1 Å². The Balaban J connectivity index is 1.89. The molecule has 128 valence electrons. The van der Waals surface area contributed by atoms with Gasteiger partial charge in [0, 0.05) is 11.8 Å². The van der Waals surface area contributed by atoms with Crippen molar-refractivity contribution in [3.63, 3.8) is 0 Å². The van der Waals surface area contributed by atoms with Crippen LogP contribution in [0.15, 0.2) is 35.7 Å². The molecule has 1 unspecified atom stereocenters. The van der Waals surface area contributed by atoms with Gasteiger partial charge in [-0.25, -0.2) is 9.78 Å². The molecule has 1 aromatic heterocycles. The highest BCUT2D eigenvalue weighted by atomic mass is 32.1. The summed E-state index contributed by atoms with van der Waals surface area (Å²) in [7, 11) is 0. The van der Waals surface area contributed by atoms with Gasteiger partial charge in [-0.3, -0.25) is 4.79 Å². The van der Waals surface area contributed by atoms with Crippen molar-refractivity contribution in [2.75, 3.05) is 0 Å². The van der Waals surface area contributed by atoms with Crippen LogP contribution in [0.2, 0.25) is 0 Å². The predicted octanol–water partition coefficient (Wildman–Crippen LogP) is 3.04. The number of carbonyl (C=O) groups excluding carboxylic acids is 1. The zero-order valence-electron chi connectivity index (χ0n) is 13.7. The number of benzene rings is 1. The summed E-state index contributed by atoms with van der Waals surface area (Å²) in [5, 5.41) is 14.5. The van der Waals surface area contributed by atoms with Crippen LogP contribution in [0.1, 0.15) is 42.5 Å². The number of carbonyl (C=O) groups is 2. The number of carboxylic acids is 1. The Hall–Kier alpha value is -2.21. The SMILES string of the molecule is CCCCC(NC(=O)Cc1csc(Cc2ccccc2)n1)C(=O)O. The molecule has 0 bridgehead atoms. The van der Waals surface area contributed by atoms with E-state index in [0.717, 1.165) is 24.3 Å². The number of hydrogen-bond donors (Lipinski definition) is 2. The molecule has 2 N–H and O–H groups in total. The van der Waals surface area contributed by atoms with E-state index in [4.69, 9.17) is 5.11 Å². The van der Waals surface area contributed by atoms with Gasteiger partial charge in [-0.15, -0.1) is 11.3 Å². The Bertz CT molecular complexity index is 670. The normalized spacial score (nSPS) is 11.9. The molecular weight excluding hydrogens is 324 g/mol. The summed E-state index contributed by atoms with van der Waals surface area (Å²) in [5.74, 6) is -1.28. The first-order chi connectivity index (χ1) is 11.6. The van der Waals surface area contributed by atoms with E-state index in [-0.39, 0.29) is 12.3 Å². The van der Waals surface area contributed by atoms with Gasteiger partial charge in [0.25, 0.3) is 0 Å². The number of carboxylic acid groups (broad SMARTS) is 1. The molecular formula is C18H22N2O3S. The highest BCUT2D eigenvalue weighted by Crippen LogP contribution is 2.15. The van der Waals surface area contributed by atoms with E-state index in [1.807, 2.05) is 42.6 Å².